The molecule has 1 aromatic heterocycles. The first-order valence-corrected chi connectivity index (χ1v) is 9.45. The van der Waals surface area contributed by atoms with E-state index in [0.717, 1.165) is 11.6 Å². The van der Waals surface area contributed by atoms with E-state index in [2.05, 4.69) is 11.1 Å². The summed E-state index contributed by atoms with van der Waals surface area (Å²) >= 11 is 0. The number of rotatable bonds is 9. The molecule has 1 N–H and O–H groups in total. The molecule has 32 heavy (non-hydrogen) atoms. The normalized spacial score (nSPS) is 10.4. The molecular weight excluding hydrogens is 412 g/mol. The van der Waals surface area contributed by atoms with Gasteiger partial charge in [0.15, 0.2) is 11.5 Å². The molecule has 3 aromatic rings. The topological polar surface area (TPSA) is 111 Å². The summed E-state index contributed by atoms with van der Waals surface area (Å²) in [7, 11) is 2.94. The van der Waals surface area contributed by atoms with E-state index in [0.29, 0.717) is 34.1 Å². The van der Waals surface area contributed by atoms with E-state index >= 15 is 0 Å². The van der Waals surface area contributed by atoms with Crippen LogP contribution in [-0.4, -0.2) is 30.3 Å². The second kappa shape index (κ2) is 10.5. The van der Waals surface area contributed by atoms with Gasteiger partial charge in [0, 0.05) is 17.7 Å². The third kappa shape index (κ3) is 5.55. The maximum atomic E-state index is 10.8. The van der Waals surface area contributed by atoms with E-state index in [1.54, 1.807) is 36.4 Å². The molecule has 8 heteroatoms. The van der Waals surface area contributed by atoms with Crippen molar-refractivity contribution in [1.82, 2.24) is 4.98 Å². The Hall–Kier alpha value is -4.51. The Bertz CT molecular complexity index is 1140. The molecule has 162 valence electrons. The summed E-state index contributed by atoms with van der Waals surface area (Å²) in [4.78, 5) is 15.0. The fraction of sp³-hybridized carbons (Fsp3) is 0.125. The highest BCUT2D eigenvalue weighted by Gasteiger charge is 2.15. The number of pyridine rings is 1. The van der Waals surface area contributed by atoms with Crippen LogP contribution in [0.1, 0.15) is 16.7 Å². The lowest BCUT2D eigenvalue weighted by Crippen LogP contribution is -1.99. The van der Waals surface area contributed by atoms with Gasteiger partial charge in [-0.3, -0.25) is 0 Å². The van der Waals surface area contributed by atoms with Gasteiger partial charge in [-0.2, -0.15) is 5.26 Å². The highest BCUT2D eigenvalue weighted by molar-refractivity contribution is 5.85. The highest BCUT2D eigenvalue weighted by atomic mass is 16.5. The second-order valence-electron chi connectivity index (χ2n) is 6.42. The number of carbonyl (C=O) groups is 1. The van der Waals surface area contributed by atoms with Crippen LogP contribution in [0, 0.1) is 11.3 Å². The van der Waals surface area contributed by atoms with E-state index in [4.69, 9.17) is 29.3 Å². The standard InChI is InChI=1S/C24H20N2O6/c1-29-20-11-16(7-10-23(27)28)12-21(30-2)24(20)32-22-9-8-19(14-26-22)31-15-18-6-4-3-5-17(18)13-25/h3-12,14H,15H2,1-2H3,(H,27,28). The van der Waals surface area contributed by atoms with Crippen molar-refractivity contribution in [2.75, 3.05) is 14.2 Å². The van der Waals surface area contributed by atoms with Gasteiger partial charge >= 0.3 is 5.97 Å². The molecule has 2 aromatic carbocycles. The second-order valence-corrected chi connectivity index (χ2v) is 6.42. The number of aromatic nitrogens is 1. The van der Waals surface area contributed by atoms with Crippen LogP contribution in [0.2, 0.25) is 0 Å². The molecular formula is C24H20N2O6. The molecule has 0 bridgehead atoms. The Morgan fingerprint density at radius 1 is 1.12 bits per heavy atom. The van der Waals surface area contributed by atoms with Gasteiger partial charge in [-0.25, -0.2) is 9.78 Å². The first-order chi connectivity index (χ1) is 15.5. The summed E-state index contributed by atoms with van der Waals surface area (Å²) in [5.41, 5.74) is 1.91. The quantitative estimate of drug-likeness (QED) is 0.494. The number of nitriles is 1. The lowest BCUT2D eigenvalue weighted by atomic mass is 10.1. The predicted octanol–water partition coefficient (Wildman–Crippen LogP) is 4.44. The number of carboxylic acid groups (broad SMARTS) is 1. The maximum absolute atomic E-state index is 10.8. The van der Waals surface area contributed by atoms with Gasteiger partial charge < -0.3 is 24.1 Å². The molecule has 0 saturated carbocycles. The van der Waals surface area contributed by atoms with Crippen molar-refractivity contribution in [3.8, 4) is 34.9 Å². The zero-order chi connectivity index (χ0) is 22.9. The van der Waals surface area contributed by atoms with Crippen molar-refractivity contribution in [2.24, 2.45) is 0 Å². The van der Waals surface area contributed by atoms with Crippen LogP contribution in [0.25, 0.3) is 6.08 Å². The zero-order valence-electron chi connectivity index (χ0n) is 17.4. The summed E-state index contributed by atoms with van der Waals surface area (Å²) in [6.07, 6.45) is 3.95. The predicted molar refractivity (Wildman–Crippen MR) is 116 cm³/mol. The summed E-state index contributed by atoms with van der Waals surface area (Å²) in [6, 6.07) is 15.9. The minimum atomic E-state index is -1.06. The first-order valence-electron chi connectivity index (χ1n) is 9.45. The van der Waals surface area contributed by atoms with Gasteiger partial charge in [0.2, 0.25) is 11.6 Å². The summed E-state index contributed by atoms with van der Waals surface area (Å²) < 4.78 is 22.3. The van der Waals surface area contributed by atoms with Crippen molar-refractivity contribution in [3.05, 3.63) is 77.5 Å². The molecule has 0 unspecified atom stereocenters. The van der Waals surface area contributed by atoms with Crippen LogP contribution in [0.5, 0.6) is 28.9 Å². The van der Waals surface area contributed by atoms with Gasteiger partial charge in [0.1, 0.15) is 12.4 Å². The summed E-state index contributed by atoms with van der Waals surface area (Å²) in [5, 5.41) is 18.0. The van der Waals surface area contributed by atoms with E-state index in [1.807, 2.05) is 12.1 Å². The number of ether oxygens (including phenoxy) is 4. The van der Waals surface area contributed by atoms with Crippen molar-refractivity contribution in [1.29, 1.82) is 5.26 Å². The molecule has 1 heterocycles. The maximum Gasteiger partial charge on any atom is 0.328 e. The monoisotopic (exact) mass is 432 g/mol. The van der Waals surface area contributed by atoms with E-state index in [1.165, 1.54) is 26.5 Å². The fourth-order valence-electron chi connectivity index (χ4n) is 2.80. The Balaban J connectivity index is 1.76. The van der Waals surface area contributed by atoms with Crippen LogP contribution >= 0.6 is 0 Å². The lowest BCUT2D eigenvalue weighted by molar-refractivity contribution is -0.131. The Morgan fingerprint density at radius 3 is 2.44 bits per heavy atom. The number of hydrogen-bond donors (Lipinski definition) is 1. The molecule has 0 saturated heterocycles. The number of carboxylic acids is 1. The third-order valence-electron chi connectivity index (χ3n) is 4.35. The Kier molecular flexibility index (Phi) is 7.28. The van der Waals surface area contributed by atoms with Crippen LogP contribution in [0.15, 0.2) is 60.8 Å². The zero-order valence-corrected chi connectivity index (χ0v) is 17.4. The lowest BCUT2D eigenvalue weighted by Gasteiger charge is -2.15. The van der Waals surface area contributed by atoms with Crippen LogP contribution in [-0.2, 0) is 11.4 Å². The van der Waals surface area contributed by atoms with Crippen LogP contribution in [0.4, 0.5) is 0 Å². The fourth-order valence-corrected chi connectivity index (χ4v) is 2.80. The van der Waals surface area contributed by atoms with Crippen molar-refractivity contribution in [2.45, 2.75) is 6.61 Å². The minimum absolute atomic E-state index is 0.235. The number of nitrogens with zero attached hydrogens (tertiary/aromatic N) is 2. The van der Waals surface area contributed by atoms with Crippen LogP contribution in [0.3, 0.4) is 0 Å². The Morgan fingerprint density at radius 2 is 1.84 bits per heavy atom. The highest BCUT2D eigenvalue weighted by Crippen LogP contribution is 2.41. The van der Waals surface area contributed by atoms with E-state index in [-0.39, 0.29) is 12.5 Å². The number of aliphatic carboxylic acids is 1. The van der Waals surface area contributed by atoms with Gasteiger partial charge in [-0.15, -0.1) is 0 Å². The molecule has 0 aliphatic heterocycles. The summed E-state index contributed by atoms with van der Waals surface area (Å²) in [6.45, 7) is 0.235. The largest absolute Gasteiger partial charge is 0.493 e. The molecule has 3 rings (SSSR count). The smallest absolute Gasteiger partial charge is 0.328 e. The average molecular weight is 432 g/mol. The minimum Gasteiger partial charge on any atom is -0.493 e. The van der Waals surface area contributed by atoms with Crippen molar-refractivity contribution < 1.29 is 28.8 Å². The van der Waals surface area contributed by atoms with E-state index in [9.17, 15) is 4.79 Å². The average Bonchev–Trinajstić information content (AvgIpc) is 2.82. The molecule has 0 amide bonds. The molecule has 8 nitrogen and oxygen atoms in total. The van der Waals surface area contributed by atoms with Crippen molar-refractivity contribution in [3.63, 3.8) is 0 Å². The van der Waals surface area contributed by atoms with E-state index < -0.39 is 5.97 Å². The number of methoxy groups -OCH3 is 2. The van der Waals surface area contributed by atoms with Crippen LogP contribution < -0.4 is 18.9 Å². The van der Waals surface area contributed by atoms with Gasteiger partial charge in [0.05, 0.1) is 32.0 Å². The molecule has 0 aliphatic carbocycles. The molecule has 0 spiro atoms. The first kappa shape index (κ1) is 22.2. The van der Waals surface area contributed by atoms with Gasteiger partial charge in [-0.1, -0.05) is 18.2 Å². The molecule has 0 aliphatic rings. The molecule has 0 fully saturated rings. The van der Waals surface area contributed by atoms with Gasteiger partial charge in [0.25, 0.3) is 0 Å². The molecule has 0 radical (unpaired) electrons. The number of hydrogen-bond acceptors (Lipinski definition) is 7. The van der Waals surface area contributed by atoms with Gasteiger partial charge in [-0.05, 0) is 35.9 Å². The molecule has 0 atom stereocenters. The van der Waals surface area contributed by atoms with Crippen molar-refractivity contribution >= 4 is 12.0 Å². The summed E-state index contributed by atoms with van der Waals surface area (Å²) in [5.74, 6) is 0.727. The SMILES string of the molecule is COc1cc(C=CC(=O)O)cc(OC)c1Oc1ccc(OCc2ccccc2C#N)cn1. The third-order valence-corrected chi connectivity index (χ3v) is 4.35. The number of benzene rings is 2. The Labute approximate surface area is 184 Å².